The van der Waals surface area contributed by atoms with Crippen molar-refractivity contribution in [1.82, 2.24) is 0 Å². The average Bonchev–Trinajstić information content (AvgIpc) is 2.55. The van der Waals surface area contributed by atoms with Gasteiger partial charge in [0.05, 0.1) is 11.4 Å². The number of hydrogen-bond acceptors (Lipinski definition) is 5. The van der Waals surface area contributed by atoms with E-state index >= 15 is 0 Å². The SMILES string of the molecule is Cc1ccc(N2c3ccccc3SC(C(C)CCN)S2(O)O)cc1. The Kier molecular flexibility index (Phi) is 5.13. The summed E-state index contributed by atoms with van der Waals surface area (Å²) in [6.45, 7) is 4.60. The number of fused-ring (bicyclic) bond motifs is 1. The summed E-state index contributed by atoms with van der Waals surface area (Å²) >= 11 is 1.55. The van der Waals surface area contributed by atoms with Gasteiger partial charge in [0.15, 0.2) is 0 Å². The van der Waals surface area contributed by atoms with E-state index in [2.05, 4.69) is 0 Å². The van der Waals surface area contributed by atoms with E-state index in [4.69, 9.17) is 5.73 Å². The molecule has 0 aromatic heterocycles. The lowest BCUT2D eigenvalue weighted by molar-refractivity contribution is 0.456. The highest BCUT2D eigenvalue weighted by Gasteiger charge is 2.42. The van der Waals surface area contributed by atoms with Crippen molar-refractivity contribution in [3.8, 4) is 0 Å². The summed E-state index contributed by atoms with van der Waals surface area (Å²) in [5.41, 5.74) is 8.50. The zero-order valence-corrected chi connectivity index (χ0v) is 15.6. The van der Waals surface area contributed by atoms with Crippen molar-refractivity contribution in [3.63, 3.8) is 0 Å². The average molecular weight is 365 g/mol. The molecule has 1 aliphatic rings. The van der Waals surface area contributed by atoms with Crippen LogP contribution in [0.25, 0.3) is 0 Å². The molecule has 0 amide bonds. The predicted molar refractivity (Wildman–Crippen MR) is 105 cm³/mol. The molecular weight excluding hydrogens is 340 g/mol. The van der Waals surface area contributed by atoms with E-state index in [1.165, 1.54) is 0 Å². The molecule has 0 radical (unpaired) electrons. The van der Waals surface area contributed by atoms with Crippen molar-refractivity contribution in [2.75, 3.05) is 10.8 Å². The number of anilines is 2. The van der Waals surface area contributed by atoms with E-state index in [9.17, 15) is 9.11 Å². The number of benzene rings is 2. The molecule has 2 unspecified atom stereocenters. The van der Waals surface area contributed by atoms with Crippen molar-refractivity contribution in [2.24, 2.45) is 11.7 Å². The van der Waals surface area contributed by atoms with Crippen LogP contribution in [0, 0.1) is 12.8 Å². The van der Waals surface area contributed by atoms with Gasteiger partial charge in [0.25, 0.3) is 0 Å². The molecule has 4 nitrogen and oxygen atoms in total. The third-order valence-corrected chi connectivity index (χ3v) is 8.65. The van der Waals surface area contributed by atoms with Crippen LogP contribution in [-0.4, -0.2) is 20.2 Å². The first kappa shape index (κ1) is 17.6. The third-order valence-electron chi connectivity index (χ3n) is 4.26. The lowest BCUT2D eigenvalue weighted by atomic mass is 10.1. The zero-order valence-electron chi connectivity index (χ0n) is 13.9. The van der Waals surface area contributed by atoms with E-state index in [0.717, 1.165) is 28.3 Å². The van der Waals surface area contributed by atoms with Gasteiger partial charge >= 0.3 is 0 Å². The molecule has 1 heterocycles. The van der Waals surface area contributed by atoms with E-state index < -0.39 is 10.8 Å². The molecule has 3 rings (SSSR count). The molecular formula is C18H24N2O2S2. The molecule has 0 aliphatic carbocycles. The van der Waals surface area contributed by atoms with E-state index in [0.29, 0.717) is 6.54 Å². The minimum Gasteiger partial charge on any atom is -0.330 e. The molecule has 2 atom stereocenters. The van der Waals surface area contributed by atoms with Crippen molar-refractivity contribution >= 4 is 33.9 Å². The van der Waals surface area contributed by atoms with Crippen LogP contribution in [-0.2, 0) is 0 Å². The second-order valence-electron chi connectivity index (χ2n) is 6.20. The third kappa shape index (κ3) is 3.17. The summed E-state index contributed by atoms with van der Waals surface area (Å²) < 4.78 is 23.7. The Bertz CT molecular complexity index is 706. The van der Waals surface area contributed by atoms with Gasteiger partial charge in [0.2, 0.25) is 0 Å². The van der Waals surface area contributed by atoms with Crippen LogP contribution in [0.2, 0.25) is 0 Å². The second kappa shape index (κ2) is 6.98. The van der Waals surface area contributed by atoms with Crippen LogP contribution in [0.1, 0.15) is 18.9 Å². The fourth-order valence-electron chi connectivity index (χ4n) is 2.96. The summed E-state index contributed by atoms with van der Waals surface area (Å²) in [5.74, 6) is 0.103. The molecule has 2 aromatic carbocycles. The molecule has 1 aliphatic heterocycles. The number of aryl methyl sites for hydroxylation is 1. The summed E-state index contributed by atoms with van der Waals surface area (Å²) in [4.78, 5) is 1.07. The molecule has 6 heteroatoms. The fraction of sp³-hybridized carbons (Fsp3) is 0.333. The zero-order chi connectivity index (χ0) is 17.3. The number of nitrogens with zero attached hydrogens (tertiary/aromatic N) is 1. The summed E-state index contributed by atoms with van der Waals surface area (Å²) in [7, 11) is -3.02. The van der Waals surface area contributed by atoms with E-state index in [1.54, 1.807) is 16.1 Å². The van der Waals surface area contributed by atoms with Crippen molar-refractivity contribution in [3.05, 3.63) is 54.1 Å². The second-order valence-corrected chi connectivity index (χ2v) is 9.68. The highest BCUT2D eigenvalue weighted by atomic mass is 32.3. The monoisotopic (exact) mass is 364 g/mol. The van der Waals surface area contributed by atoms with Crippen LogP contribution in [0.5, 0.6) is 0 Å². The highest BCUT2D eigenvalue weighted by molar-refractivity contribution is 8.34. The summed E-state index contributed by atoms with van der Waals surface area (Å²) in [5, 5.41) is 0. The lowest BCUT2D eigenvalue weighted by Crippen LogP contribution is -2.37. The highest BCUT2D eigenvalue weighted by Crippen LogP contribution is 2.66. The minimum absolute atomic E-state index is 0.103. The van der Waals surface area contributed by atoms with Gasteiger partial charge in [-0.25, -0.2) is 4.31 Å². The van der Waals surface area contributed by atoms with Crippen LogP contribution >= 0.6 is 22.5 Å². The lowest BCUT2D eigenvalue weighted by Gasteiger charge is -2.53. The van der Waals surface area contributed by atoms with Crippen molar-refractivity contribution < 1.29 is 9.11 Å². The van der Waals surface area contributed by atoms with Gasteiger partial charge in [0.1, 0.15) is 4.58 Å². The van der Waals surface area contributed by atoms with Gasteiger partial charge in [-0.2, -0.15) is 0 Å². The molecule has 24 heavy (non-hydrogen) atoms. The molecule has 0 spiro atoms. The number of para-hydroxylation sites is 1. The number of rotatable bonds is 4. The molecule has 4 N–H and O–H groups in total. The van der Waals surface area contributed by atoms with Gasteiger partial charge in [-0.05, 0) is 50.1 Å². The van der Waals surface area contributed by atoms with E-state index in [1.807, 2.05) is 62.4 Å². The molecule has 130 valence electrons. The number of thioether (sulfide) groups is 1. The molecule has 0 fully saturated rings. The van der Waals surface area contributed by atoms with Crippen LogP contribution < -0.4 is 10.0 Å². The Morgan fingerprint density at radius 1 is 1.17 bits per heavy atom. The van der Waals surface area contributed by atoms with Gasteiger partial charge in [0, 0.05) is 4.90 Å². The Balaban J connectivity index is 2.11. The van der Waals surface area contributed by atoms with E-state index in [-0.39, 0.29) is 10.5 Å². The number of nitrogens with two attached hydrogens (primary N) is 1. The smallest absolute Gasteiger partial charge is 0.121 e. The predicted octanol–water partition coefficient (Wildman–Crippen LogP) is 5.22. The number of hydrogen-bond donors (Lipinski definition) is 3. The largest absolute Gasteiger partial charge is 0.330 e. The normalized spacial score (nSPS) is 21.9. The van der Waals surface area contributed by atoms with Crippen LogP contribution in [0.15, 0.2) is 53.4 Å². The topological polar surface area (TPSA) is 69.7 Å². The standard InChI is InChI=1S/C18H24N2O2S2/c1-13-7-9-15(10-8-13)20-16-5-3-4-6-17(16)23-18(24(20,21)22)14(2)11-12-19/h3-10,14,18,21-22H,11-12,19H2,1-2H3. The summed E-state index contributed by atoms with van der Waals surface area (Å²) in [6.07, 6.45) is 0.761. The minimum atomic E-state index is -3.02. The van der Waals surface area contributed by atoms with Gasteiger partial charge < -0.3 is 5.73 Å². The van der Waals surface area contributed by atoms with Crippen molar-refractivity contribution in [2.45, 2.75) is 29.7 Å². The molecule has 0 bridgehead atoms. The van der Waals surface area contributed by atoms with Crippen LogP contribution in [0.4, 0.5) is 11.4 Å². The maximum atomic E-state index is 11.2. The van der Waals surface area contributed by atoms with Crippen molar-refractivity contribution in [1.29, 1.82) is 0 Å². The first-order valence-corrected chi connectivity index (χ1v) is 10.5. The Labute approximate surface area is 149 Å². The molecule has 2 aromatic rings. The Hall–Kier alpha value is -1.18. The molecule has 0 saturated heterocycles. The van der Waals surface area contributed by atoms with Gasteiger partial charge in [-0.15, -0.1) is 10.8 Å². The Morgan fingerprint density at radius 2 is 1.83 bits per heavy atom. The summed E-state index contributed by atoms with van der Waals surface area (Å²) in [6, 6.07) is 15.8. The van der Waals surface area contributed by atoms with Crippen LogP contribution in [0.3, 0.4) is 0 Å². The van der Waals surface area contributed by atoms with Gasteiger partial charge in [-0.3, -0.25) is 9.11 Å². The first-order valence-electron chi connectivity index (χ1n) is 8.05. The Morgan fingerprint density at radius 3 is 2.50 bits per heavy atom. The fourth-order valence-corrected chi connectivity index (χ4v) is 7.01. The maximum Gasteiger partial charge on any atom is 0.121 e. The quantitative estimate of drug-likeness (QED) is 0.694. The maximum absolute atomic E-state index is 11.2. The van der Waals surface area contributed by atoms with Gasteiger partial charge in [-0.1, -0.05) is 48.5 Å². The first-order chi connectivity index (χ1) is 11.4. The molecule has 0 saturated carbocycles.